The van der Waals surface area contributed by atoms with Gasteiger partial charge < -0.3 is 25.3 Å². The van der Waals surface area contributed by atoms with Gasteiger partial charge in [0.1, 0.15) is 6.04 Å². The molecule has 0 heterocycles. The Morgan fingerprint density at radius 2 is 1.83 bits per heavy atom. The molecule has 2 amide bonds. The van der Waals surface area contributed by atoms with Crippen LogP contribution in [0.2, 0.25) is 0 Å². The smallest absolute Gasteiger partial charge is 0.323 e. The molecule has 0 aliphatic rings. The van der Waals surface area contributed by atoms with Crippen LogP contribution in [0.1, 0.15) is 26.3 Å². The van der Waals surface area contributed by atoms with Gasteiger partial charge in [-0.25, -0.2) is 0 Å². The molecule has 0 radical (unpaired) electrons. The van der Waals surface area contributed by atoms with Crippen molar-refractivity contribution < 1.29 is 24.2 Å². The molecule has 8 heteroatoms. The van der Waals surface area contributed by atoms with Crippen LogP contribution in [-0.4, -0.2) is 42.6 Å². The maximum atomic E-state index is 10.8. The number of methoxy groups -OCH3 is 1. The molecule has 1 atom stereocenters. The zero-order valence-corrected chi connectivity index (χ0v) is 16.4. The molecule has 0 saturated heterocycles. The number of benzene rings is 1. The van der Waals surface area contributed by atoms with Gasteiger partial charge in [0.15, 0.2) is 0 Å². The van der Waals surface area contributed by atoms with Crippen LogP contribution >= 0.6 is 0 Å². The summed E-state index contributed by atoms with van der Waals surface area (Å²) in [6, 6.07) is 5.64. The molecular formula is C16H23FmN2O5-. The summed E-state index contributed by atoms with van der Waals surface area (Å²) in [5.41, 5.74) is 1.39. The van der Waals surface area contributed by atoms with E-state index in [1.807, 2.05) is 20.8 Å². The van der Waals surface area contributed by atoms with Gasteiger partial charge in [-0.3, -0.25) is 9.59 Å². The Kier molecular flexibility index (Phi) is 10.7. The number of aliphatic carboxylic acids is 1. The van der Waals surface area contributed by atoms with Crippen molar-refractivity contribution in [3.05, 3.63) is 29.8 Å². The van der Waals surface area contributed by atoms with E-state index < -0.39 is 12.0 Å². The van der Waals surface area contributed by atoms with Crippen LogP contribution in [0.15, 0.2) is 24.3 Å². The summed E-state index contributed by atoms with van der Waals surface area (Å²) < 4.78 is 4.94. The molecule has 0 bridgehead atoms. The van der Waals surface area contributed by atoms with E-state index in [2.05, 4.69) is 10.6 Å². The predicted molar refractivity (Wildman–Crippen MR) is 86.8 cm³/mol. The monoisotopic (exact) mass is 580 g/mol. The van der Waals surface area contributed by atoms with Crippen molar-refractivity contribution in [1.82, 2.24) is 5.32 Å². The Morgan fingerprint density at radius 1 is 1.33 bits per heavy atom. The molecule has 0 spiro atoms. The fourth-order valence-electron chi connectivity index (χ4n) is 1.31. The first-order valence-corrected chi connectivity index (χ1v) is 6.93. The number of amides is 2. The third-order valence-corrected chi connectivity index (χ3v) is 2.76. The number of carbonyl (C=O) groups excluding carboxylic acids is 2. The second kappa shape index (κ2) is 11.2. The normalized spacial score (nSPS) is 11.0. The first-order valence-electron chi connectivity index (χ1n) is 6.93. The van der Waals surface area contributed by atoms with Gasteiger partial charge in [-0.15, -0.1) is 0 Å². The molecule has 140 valence electrons. The zero-order valence-electron chi connectivity index (χ0n) is 14.0. The van der Waals surface area contributed by atoms with E-state index in [1.54, 1.807) is 31.4 Å². The van der Waals surface area contributed by atoms with Gasteiger partial charge in [-0.05, 0) is 38.5 Å². The Balaban J connectivity index is 0. The molecular weight excluding hydrogens is 557 g/mol. The van der Waals surface area contributed by atoms with Crippen LogP contribution in [0.4, 0.5) is 5.69 Å². The molecule has 1 rings (SSSR count). The molecule has 0 aliphatic carbocycles. The van der Waals surface area contributed by atoms with Crippen molar-refractivity contribution >= 4 is 24.5 Å². The Bertz CT molecular complexity index is 500. The predicted octanol–water partition coefficient (Wildman–Crippen LogP) is 1.34. The van der Waals surface area contributed by atoms with E-state index in [9.17, 15) is 14.4 Å². The summed E-state index contributed by atoms with van der Waals surface area (Å²) in [5.74, 6) is -1.12. The Morgan fingerprint density at radius 3 is 2.17 bits per heavy atom. The van der Waals surface area contributed by atoms with Crippen molar-refractivity contribution in [2.75, 3.05) is 12.4 Å². The molecule has 1 aromatic carbocycles. The van der Waals surface area contributed by atoms with Gasteiger partial charge in [0, 0.05) is 19.2 Å². The summed E-state index contributed by atoms with van der Waals surface area (Å²) in [4.78, 5) is 31.0. The number of anilines is 1. The standard InChI is InChI=1S/C11H11N2O4.C5H12O.Fm/c14-6-12-9-3-1-8(2-4-9)5-10(11(16)17)13-7-15;1-5(2,3)6-4;/h1-4,6,10H,5H2,(H,12,14)(H,13,15)(H,16,17);1-4H3;/q-1;;. The topological polar surface area (TPSA) is 105 Å². The van der Waals surface area contributed by atoms with E-state index in [0.717, 1.165) is 5.56 Å². The number of carboxylic acids is 1. The summed E-state index contributed by atoms with van der Waals surface area (Å²) in [6.45, 7) is 6.06. The first kappa shape index (κ1) is 22.9. The van der Waals surface area contributed by atoms with Crippen LogP contribution in [0.5, 0.6) is 0 Å². The fraction of sp³-hybridized carbons (Fsp3) is 0.438. The van der Waals surface area contributed by atoms with Crippen molar-refractivity contribution in [1.29, 1.82) is 0 Å². The largest absolute Gasteiger partial charge is 0.520 e. The van der Waals surface area contributed by atoms with Gasteiger partial charge >= 0.3 is 5.97 Å². The third kappa shape index (κ3) is 10.3. The average Bonchev–Trinajstić information content (AvgIpc) is 2.49. The van der Waals surface area contributed by atoms with Gasteiger partial charge in [0.25, 0.3) is 0 Å². The van der Waals surface area contributed by atoms with Gasteiger partial charge in [0.05, 0.1) is 5.60 Å². The minimum Gasteiger partial charge on any atom is -0.520 e. The van der Waals surface area contributed by atoms with Crippen molar-refractivity contribution in [3.8, 4) is 0 Å². The van der Waals surface area contributed by atoms with Crippen LogP contribution in [0.25, 0.3) is 0 Å². The Labute approximate surface area is 136 Å². The van der Waals surface area contributed by atoms with Gasteiger partial charge in [0.2, 0.25) is 6.41 Å². The molecule has 0 fully saturated rings. The average molecular weight is 580 g/mol. The SMILES string of the molecule is COC(C)(C)C.O=[C-]NC(Cc1ccc(NC=O)cc1)C(=O)O.[Fm]. The molecule has 1 aromatic rings. The van der Waals surface area contributed by atoms with Crippen LogP contribution in [0, 0.1) is 0 Å². The summed E-state index contributed by atoms with van der Waals surface area (Å²) in [6.07, 6.45) is 2.07. The minimum atomic E-state index is -1.12. The van der Waals surface area contributed by atoms with Gasteiger partial charge in [-0.2, -0.15) is 6.41 Å². The van der Waals surface area contributed by atoms with E-state index >= 15 is 0 Å². The summed E-state index contributed by atoms with van der Waals surface area (Å²) in [7, 11) is 1.71. The van der Waals surface area contributed by atoms with E-state index in [1.165, 1.54) is 6.41 Å². The summed E-state index contributed by atoms with van der Waals surface area (Å²) in [5, 5.41) is 13.4. The quantitative estimate of drug-likeness (QED) is 0.257. The summed E-state index contributed by atoms with van der Waals surface area (Å²) >= 11 is 0. The second-order valence-electron chi connectivity index (χ2n) is 5.62. The van der Waals surface area contributed by atoms with Gasteiger partial charge in [-0.1, -0.05) is 12.1 Å². The van der Waals surface area contributed by atoms with Crippen molar-refractivity contribution in [2.45, 2.75) is 38.8 Å². The second-order valence-corrected chi connectivity index (χ2v) is 5.62. The number of nitrogens with one attached hydrogen (secondary N) is 2. The van der Waals surface area contributed by atoms with Crippen molar-refractivity contribution in [3.63, 3.8) is 0 Å². The number of hydrogen-bond acceptors (Lipinski definition) is 4. The van der Waals surface area contributed by atoms with Crippen molar-refractivity contribution in [2.24, 2.45) is 0 Å². The molecule has 7 nitrogen and oxygen atoms in total. The third-order valence-electron chi connectivity index (χ3n) is 2.76. The number of carbonyl (C=O) groups is 2. The van der Waals surface area contributed by atoms with Crippen LogP contribution < -0.4 is 10.6 Å². The molecule has 0 saturated carbocycles. The number of rotatable bonds is 7. The maximum absolute atomic E-state index is 10.8. The van der Waals surface area contributed by atoms with E-state index in [-0.39, 0.29) is 12.0 Å². The first-order chi connectivity index (χ1) is 10.7. The number of ether oxygens (including phenoxy) is 1. The number of hydrogen-bond donors (Lipinski definition) is 3. The maximum Gasteiger partial charge on any atom is 0.323 e. The zero-order chi connectivity index (χ0) is 17.9. The van der Waals surface area contributed by atoms with Crippen LogP contribution in [0.3, 0.4) is 0 Å². The molecule has 0 aromatic heterocycles. The Hall–Kier alpha value is -3.41. The van der Waals surface area contributed by atoms with E-state index in [0.29, 0.717) is 12.1 Å². The fourth-order valence-corrected chi connectivity index (χ4v) is 1.31. The molecule has 0 aliphatic heterocycles. The van der Waals surface area contributed by atoms with E-state index in [4.69, 9.17) is 9.84 Å². The molecule has 24 heavy (non-hydrogen) atoms. The molecule has 3 N–H and O–H groups in total. The minimum absolute atomic E-state index is 0. The number of carboxylic acid groups (broad SMARTS) is 1. The molecule has 1 unspecified atom stereocenters. The van der Waals surface area contributed by atoms with Crippen LogP contribution in [-0.2, 0) is 25.5 Å².